The molecule has 168 valence electrons. The van der Waals surface area contributed by atoms with Crippen molar-refractivity contribution in [3.63, 3.8) is 0 Å². The number of rotatable bonds is 9. The third kappa shape index (κ3) is 6.62. The zero-order chi connectivity index (χ0) is 23.6. The molecule has 0 bridgehead atoms. The minimum Gasteiger partial charge on any atom is -0.497 e. The van der Waals surface area contributed by atoms with Gasteiger partial charge in [-0.2, -0.15) is 5.26 Å². The lowest BCUT2D eigenvalue weighted by molar-refractivity contribution is -0.117. The van der Waals surface area contributed by atoms with Gasteiger partial charge in [0, 0.05) is 6.54 Å². The highest BCUT2D eigenvalue weighted by Gasteiger charge is 2.11. The number of benzene rings is 3. The first kappa shape index (κ1) is 23.4. The SMILES string of the molecule is COc1ccc(CNC(=O)/C(C#N)=C\c2ccc(OCc3ccc(C)cc3)c(OC)c2)cc1. The van der Waals surface area contributed by atoms with Crippen LogP contribution in [0.2, 0.25) is 0 Å². The van der Waals surface area contributed by atoms with Gasteiger partial charge in [0.05, 0.1) is 14.2 Å². The molecule has 0 spiro atoms. The second-order valence-corrected chi connectivity index (χ2v) is 7.39. The molecular weight excluding hydrogens is 416 g/mol. The van der Waals surface area contributed by atoms with Gasteiger partial charge in [-0.05, 0) is 54.0 Å². The van der Waals surface area contributed by atoms with E-state index in [4.69, 9.17) is 14.2 Å². The molecule has 0 saturated heterocycles. The molecule has 0 atom stereocenters. The molecule has 0 aliphatic heterocycles. The summed E-state index contributed by atoms with van der Waals surface area (Å²) in [6, 6.07) is 22.7. The average Bonchev–Trinajstić information content (AvgIpc) is 2.86. The summed E-state index contributed by atoms with van der Waals surface area (Å²) < 4.78 is 16.5. The molecule has 0 unspecified atom stereocenters. The van der Waals surface area contributed by atoms with Crippen molar-refractivity contribution in [3.05, 3.63) is 94.6 Å². The number of amides is 1. The van der Waals surface area contributed by atoms with Crippen LogP contribution in [-0.4, -0.2) is 20.1 Å². The zero-order valence-electron chi connectivity index (χ0n) is 18.9. The number of ether oxygens (including phenoxy) is 3. The smallest absolute Gasteiger partial charge is 0.262 e. The lowest BCUT2D eigenvalue weighted by Gasteiger charge is -2.12. The van der Waals surface area contributed by atoms with Crippen LogP contribution in [0.1, 0.15) is 22.3 Å². The molecule has 3 rings (SSSR count). The number of methoxy groups -OCH3 is 2. The Hall–Kier alpha value is -4.24. The number of hydrogen-bond donors (Lipinski definition) is 1. The van der Waals surface area contributed by atoms with E-state index in [2.05, 4.69) is 5.32 Å². The summed E-state index contributed by atoms with van der Waals surface area (Å²) in [4.78, 5) is 12.5. The van der Waals surface area contributed by atoms with Gasteiger partial charge in [-0.25, -0.2) is 0 Å². The Bertz CT molecular complexity index is 1160. The number of hydrogen-bond acceptors (Lipinski definition) is 5. The van der Waals surface area contributed by atoms with Crippen LogP contribution in [0.15, 0.2) is 72.3 Å². The van der Waals surface area contributed by atoms with Crippen molar-refractivity contribution >= 4 is 12.0 Å². The predicted molar refractivity (Wildman–Crippen MR) is 127 cm³/mol. The van der Waals surface area contributed by atoms with E-state index in [9.17, 15) is 10.1 Å². The largest absolute Gasteiger partial charge is 0.497 e. The molecule has 0 aliphatic carbocycles. The molecule has 3 aromatic rings. The van der Waals surface area contributed by atoms with Gasteiger partial charge < -0.3 is 19.5 Å². The first-order valence-electron chi connectivity index (χ1n) is 10.4. The maximum Gasteiger partial charge on any atom is 0.262 e. The highest BCUT2D eigenvalue weighted by Crippen LogP contribution is 2.29. The molecule has 1 amide bonds. The lowest BCUT2D eigenvalue weighted by atomic mass is 10.1. The summed E-state index contributed by atoms with van der Waals surface area (Å²) in [6.45, 7) is 2.74. The summed E-state index contributed by atoms with van der Waals surface area (Å²) >= 11 is 0. The van der Waals surface area contributed by atoms with E-state index in [1.807, 2.05) is 61.5 Å². The van der Waals surface area contributed by atoms with Crippen LogP contribution in [-0.2, 0) is 17.9 Å². The molecule has 1 N–H and O–H groups in total. The lowest BCUT2D eigenvalue weighted by Crippen LogP contribution is -2.23. The molecule has 33 heavy (non-hydrogen) atoms. The highest BCUT2D eigenvalue weighted by atomic mass is 16.5. The fourth-order valence-electron chi connectivity index (χ4n) is 3.07. The van der Waals surface area contributed by atoms with Crippen LogP contribution >= 0.6 is 0 Å². The van der Waals surface area contributed by atoms with Gasteiger partial charge >= 0.3 is 0 Å². The Morgan fingerprint density at radius 2 is 1.64 bits per heavy atom. The maximum absolute atomic E-state index is 12.5. The fraction of sp³-hybridized carbons (Fsp3) is 0.185. The average molecular weight is 443 g/mol. The minimum absolute atomic E-state index is 0.00103. The molecule has 0 aromatic heterocycles. The monoisotopic (exact) mass is 442 g/mol. The number of carbonyl (C=O) groups is 1. The number of carbonyl (C=O) groups excluding carboxylic acids is 1. The molecule has 0 radical (unpaired) electrons. The standard InChI is InChI=1S/C27H26N2O4/c1-19-4-6-21(7-5-19)18-33-25-13-10-22(15-26(25)32-3)14-23(16-28)27(30)29-17-20-8-11-24(31-2)12-9-20/h4-15H,17-18H2,1-3H3,(H,29,30)/b23-14-. The topological polar surface area (TPSA) is 80.6 Å². The van der Waals surface area contributed by atoms with E-state index < -0.39 is 5.91 Å². The van der Waals surface area contributed by atoms with Crippen molar-refractivity contribution in [1.82, 2.24) is 5.32 Å². The van der Waals surface area contributed by atoms with E-state index in [0.717, 1.165) is 16.9 Å². The van der Waals surface area contributed by atoms with Crippen molar-refractivity contribution in [2.75, 3.05) is 14.2 Å². The maximum atomic E-state index is 12.5. The minimum atomic E-state index is -0.452. The van der Waals surface area contributed by atoms with Gasteiger partial charge in [-0.15, -0.1) is 0 Å². The third-order valence-corrected chi connectivity index (χ3v) is 4.99. The van der Waals surface area contributed by atoms with Crippen LogP contribution in [0.25, 0.3) is 6.08 Å². The molecule has 0 heterocycles. The van der Waals surface area contributed by atoms with Gasteiger partial charge in [-0.3, -0.25) is 4.79 Å². The van der Waals surface area contributed by atoms with Crippen molar-refractivity contribution < 1.29 is 19.0 Å². The van der Waals surface area contributed by atoms with Crippen molar-refractivity contribution in [2.24, 2.45) is 0 Å². The molecule has 0 fully saturated rings. The number of nitriles is 1. The van der Waals surface area contributed by atoms with Crippen LogP contribution < -0.4 is 19.5 Å². The first-order valence-corrected chi connectivity index (χ1v) is 10.4. The summed E-state index contributed by atoms with van der Waals surface area (Å²) in [5.74, 6) is 1.39. The van der Waals surface area contributed by atoms with Crippen LogP contribution in [0.3, 0.4) is 0 Å². The molecular formula is C27H26N2O4. The van der Waals surface area contributed by atoms with Crippen LogP contribution in [0, 0.1) is 18.3 Å². The zero-order valence-corrected chi connectivity index (χ0v) is 18.9. The summed E-state index contributed by atoms with van der Waals surface area (Å²) in [7, 11) is 3.15. The van der Waals surface area contributed by atoms with E-state index in [1.54, 1.807) is 32.4 Å². The van der Waals surface area contributed by atoms with E-state index >= 15 is 0 Å². The Kier molecular flexibility index (Phi) is 8.09. The Labute approximate surface area is 194 Å². The van der Waals surface area contributed by atoms with E-state index in [-0.39, 0.29) is 5.57 Å². The van der Waals surface area contributed by atoms with Crippen molar-refractivity contribution in [3.8, 4) is 23.3 Å². The highest BCUT2D eigenvalue weighted by molar-refractivity contribution is 6.01. The van der Waals surface area contributed by atoms with E-state index in [0.29, 0.717) is 30.2 Å². The molecule has 0 aliphatic rings. The van der Waals surface area contributed by atoms with Crippen LogP contribution in [0.5, 0.6) is 17.2 Å². The Morgan fingerprint density at radius 1 is 0.939 bits per heavy atom. The number of nitrogens with zero attached hydrogens (tertiary/aromatic N) is 1. The number of nitrogens with one attached hydrogen (secondary N) is 1. The summed E-state index contributed by atoms with van der Waals surface area (Å²) in [6.07, 6.45) is 1.52. The molecule has 0 saturated carbocycles. The Morgan fingerprint density at radius 3 is 2.27 bits per heavy atom. The molecule has 6 nitrogen and oxygen atoms in total. The van der Waals surface area contributed by atoms with Gasteiger partial charge in [0.25, 0.3) is 5.91 Å². The van der Waals surface area contributed by atoms with Crippen molar-refractivity contribution in [1.29, 1.82) is 5.26 Å². The van der Waals surface area contributed by atoms with Gasteiger partial charge in [0.2, 0.25) is 0 Å². The second-order valence-electron chi connectivity index (χ2n) is 7.39. The summed E-state index contributed by atoms with van der Waals surface area (Å²) in [5.41, 5.74) is 3.79. The predicted octanol–water partition coefficient (Wildman–Crippen LogP) is 4.81. The second kappa shape index (κ2) is 11.4. The van der Waals surface area contributed by atoms with Gasteiger partial charge in [0.1, 0.15) is 24.0 Å². The molecule has 3 aromatic carbocycles. The molecule has 6 heteroatoms. The number of aryl methyl sites for hydroxylation is 1. The van der Waals surface area contributed by atoms with Gasteiger partial charge in [-0.1, -0.05) is 48.0 Å². The summed E-state index contributed by atoms with van der Waals surface area (Å²) in [5, 5.41) is 12.2. The van der Waals surface area contributed by atoms with Crippen LogP contribution in [0.4, 0.5) is 0 Å². The Balaban J connectivity index is 1.66. The first-order chi connectivity index (χ1) is 16.0. The van der Waals surface area contributed by atoms with Crippen molar-refractivity contribution in [2.45, 2.75) is 20.1 Å². The third-order valence-electron chi connectivity index (χ3n) is 4.99. The van der Waals surface area contributed by atoms with Gasteiger partial charge in [0.15, 0.2) is 11.5 Å². The van der Waals surface area contributed by atoms with E-state index in [1.165, 1.54) is 11.6 Å². The fourth-order valence-corrected chi connectivity index (χ4v) is 3.07. The normalized spacial score (nSPS) is 10.8. The quantitative estimate of drug-likeness (QED) is 0.380.